The number of hydrogen-bond donors (Lipinski definition) is 1. The first kappa shape index (κ1) is 27.3. The summed E-state index contributed by atoms with van der Waals surface area (Å²) in [5, 5.41) is 3.44. The first-order valence-electron chi connectivity index (χ1n) is 13.6. The number of halogens is 3. The van der Waals surface area contributed by atoms with Crippen molar-refractivity contribution in [1.29, 1.82) is 0 Å². The lowest BCUT2D eigenvalue weighted by molar-refractivity contribution is -0.153. The number of nitrogens with zero attached hydrogens (tertiary/aromatic N) is 4. The summed E-state index contributed by atoms with van der Waals surface area (Å²) in [5.41, 5.74) is 2.08. The van der Waals surface area contributed by atoms with E-state index in [0.29, 0.717) is 23.6 Å². The van der Waals surface area contributed by atoms with E-state index >= 15 is 0 Å². The molecule has 5 rings (SSSR count). The number of amides is 1. The summed E-state index contributed by atoms with van der Waals surface area (Å²) in [5.74, 6) is 1.29. The summed E-state index contributed by atoms with van der Waals surface area (Å²) in [4.78, 5) is 29.0. The molecule has 0 saturated heterocycles. The van der Waals surface area contributed by atoms with Gasteiger partial charge in [0.15, 0.2) is 6.61 Å². The van der Waals surface area contributed by atoms with Crippen LogP contribution in [0.2, 0.25) is 0 Å². The molecule has 1 aliphatic heterocycles. The molecule has 38 heavy (non-hydrogen) atoms. The highest BCUT2D eigenvalue weighted by Gasteiger charge is 2.43. The third-order valence-corrected chi connectivity index (χ3v) is 9.54. The van der Waals surface area contributed by atoms with Crippen molar-refractivity contribution in [2.45, 2.75) is 83.4 Å². The van der Waals surface area contributed by atoms with Crippen molar-refractivity contribution in [3.05, 3.63) is 34.4 Å². The van der Waals surface area contributed by atoms with E-state index in [9.17, 15) is 18.0 Å². The molecule has 2 fully saturated rings. The van der Waals surface area contributed by atoms with Crippen molar-refractivity contribution in [3.8, 4) is 5.19 Å². The number of carbonyl (C=O) groups excluding carboxylic acids is 1. The Kier molecular flexibility index (Phi) is 8.23. The Labute approximate surface area is 225 Å². The van der Waals surface area contributed by atoms with Crippen molar-refractivity contribution in [3.63, 3.8) is 0 Å². The van der Waals surface area contributed by atoms with E-state index in [4.69, 9.17) is 4.74 Å². The van der Waals surface area contributed by atoms with Gasteiger partial charge in [-0.1, -0.05) is 17.8 Å². The Balaban J connectivity index is 1.09. The van der Waals surface area contributed by atoms with E-state index in [1.165, 1.54) is 37.0 Å². The van der Waals surface area contributed by atoms with Crippen LogP contribution in [0.1, 0.15) is 66.9 Å². The van der Waals surface area contributed by atoms with Crippen molar-refractivity contribution >= 4 is 17.2 Å². The molecule has 3 atom stereocenters. The van der Waals surface area contributed by atoms with Crippen LogP contribution in [-0.4, -0.2) is 64.2 Å². The summed E-state index contributed by atoms with van der Waals surface area (Å²) in [7, 11) is 0. The summed E-state index contributed by atoms with van der Waals surface area (Å²) in [6, 6.07) is 0.247. The monoisotopic (exact) mass is 551 g/mol. The molecule has 7 nitrogen and oxygen atoms in total. The van der Waals surface area contributed by atoms with Crippen LogP contribution in [-0.2, 0) is 24.1 Å². The van der Waals surface area contributed by atoms with E-state index < -0.39 is 12.8 Å². The maximum Gasteiger partial charge on any atom is 0.422 e. The van der Waals surface area contributed by atoms with E-state index in [0.717, 1.165) is 67.9 Å². The SMILES string of the molecule is Cc1ncc(CC(=O)NC2CCC3(CCN4CCc5nc(OCC(F)(F)F)sc5CC4)CCCC2C3)cn1. The third-order valence-electron chi connectivity index (χ3n) is 8.47. The zero-order valence-corrected chi connectivity index (χ0v) is 22.7. The topological polar surface area (TPSA) is 80.2 Å². The molecule has 208 valence electrons. The van der Waals surface area contributed by atoms with Crippen LogP contribution in [0.15, 0.2) is 12.4 Å². The van der Waals surface area contributed by atoms with Crippen molar-refractivity contribution in [2.75, 3.05) is 26.2 Å². The molecule has 1 amide bonds. The molecule has 2 aromatic rings. The number of hydrogen-bond acceptors (Lipinski definition) is 7. The minimum atomic E-state index is -4.35. The number of rotatable bonds is 8. The molecule has 2 bridgehead atoms. The van der Waals surface area contributed by atoms with E-state index in [1.807, 2.05) is 6.92 Å². The van der Waals surface area contributed by atoms with Gasteiger partial charge in [0.05, 0.1) is 12.1 Å². The highest BCUT2D eigenvalue weighted by molar-refractivity contribution is 7.13. The zero-order valence-electron chi connectivity index (χ0n) is 21.9. The average molecular weight is 552 g/mol. The standard InChI is InChI=1S/C27H36F3N5O2S/c1-18-31-15-19(16-32-18)13-24(36)33-21-4-8-26(7-2-3-20(21)14-26)9-12-35-10-5-22-23(6-11-35)38-25(34-22)37-17-27(28,29)30/h15-16,20-21H,2-14,17H2,1H3,(H,33,36). The number of ether oxygens (including phenoxy) is 1. The average Bonchev–Trinajstić information content (AvgIpc) is 3.17. The fourth-order valence-corrected chi connectivity index (χ4v) is 7.42. The van der Waals surface area contributed by atoms with Gasteiger partial charge < -0.3 is 15.0 Å². The maximum absolute atomic E-state index is 12.7. The lowest BCUT2D eigenvalue weighted by Crippen LogP contribution is -2.49. The van der Waals surface area contributed by atoms with Gasteiger partial charge in [-0.05, 0) is 75.3 Å². The Hall–Kier alpha value is -2.27. The number of aromatic nitrogens is 3. The highest BCUT2D eigenvalue weighted by Crippen LogP contribution is 2.51. The second-order valence-corrected chi connectivity index (χ2v) is 12.3. The summed E-state index contributed by atoms with van der Waals surface area (Å²) < 4.78 is 42.2. The van der Waals surface area contributed by atoms with Gasteiger partial charge in [0.1, 0.15) is 5.82 Å². The van der Waals surface area contributed by atoms with Gasteiger partial charge in [-0.3, -0.25) is 4.79 Å². The van der Waals surface area contributed by atoms with Crippen LogP contribution in [0.4, 0.5) is 13.2 Å². The summed E-state index contributed by atoms with van der Waals surface area (Å²) in [6.07, 6.45) is 9.13. The van der Waals surface area contributed by atoms with Crippen LogP contribution in [0.25, 0.3) is 0 Å². The molecule has 3 unspecified atom stereocenters. The lowest BCUT2D eigenvalue weighted by Gasteiger charge is -2.49. The second-order valence-electron chi connectivity index (χ2n) is 11.2. The van der Waals surface area contributed by atoms with Crippen LogP contribution in [0.3, 0.4) is 0 Å². The molecule has 3 heterocycles. The predicted molar refractivity (Wildman–Crippen MR) is 138 cm³/mol. The van der Waals surface area contributed by atoms with Crippen molar-refractivity contribution in [2.24, 2.45) is 11.3 Å². The normalized spacial score (nSPS) is 25.9. The van der Waals surface area contributed by atoms with Gasteiger partial charge in [0, 0.05) is 42.8 Å². The molecule has 2 aromatic heterocycles. The number of alkyl halides is 3. The van der Waals surface area contributed by atoms with E-state index in [2.05, 4.69) is 25.2 Å². The Morgan fingerprint density at radius 1 is 1.21 bits per heavy atom. The predicted octanol–water partition coefficient (Wildman–Crippen LogP) is 4.67. The van der Waals surface area contributed by atoms with Gasteiger partial charge in [-0.15, -0.1) is 0 Å². The molecule has 3 aliphatic rings. The van der Waals surface area contributed by atoms with E-state index in [1.54, 1.807) is 12.4 Å². The minimum Gasteiger partial charge on any atom is -0.460 e. The van der Waals surface area contributed by atoms with Crippen LogP contribution < -0.4 is 10.1 Å². The van der Waals surface area contributed by atoms with Crippen LogP contribution in [0.5, 0.6) is 5.19 Å². The number of thiazole rings is 1. The quantitative estimate of drug-likeness (QED) is 0.514. The van der Waals surface area contributed by atoms with Crippen molar-refractivity contribution < 1.29 is 22.7 Å². The highest BCUT2D eigenvalue weighted by atomic mass is 32.1. The molecule has 11 heteroatoms. The largest absolute Gasteiger partial charge is 0.460 e. The van der Waals surface area contributed by atoms with Gasteiger partial charge in [-0.25, -0.2) is 15.0 Å². The molecular weight excluding hydrogens is 515 g/mol. The van der Waals surface area contributed by atoms with Crippen LogP contribution in [0, 0.1) is 18.3 Å². The molecule has 0 radical (unpaired) electrons. The molecule has 0 aromatic carbocycles. The zero-order chi connectivity index (χ0) is 26.8. The summed E-state index contributed by atoms with van der Waals surface area (Å²) >= 11 is 1.26. The molecule has 1 N–H and O–H groups in total. The Morgan fingerprint density at radius 2 is 2.00 bits per heavy atom. The summed E-state index contributed by atoms with van der Waals surface area (Å²) in [6.45, 7) is 3.34. The Bertz CT molecular complexity index is 1080. The molecule has 2 aliphatic carbocycles. The first-order valence-corrected chi connectivity index (χ1v) is 14.5. The van der Waals surface area contributed by atoms with Gasteiger partial charge in [0.2, 0.25) is 5.91 Å². The number of nitrogens with one attached hydrogen (secondary N) is 1. The number of fused-ring (bicyclic) bond motifs is 3. The molecule has 0 spiro atoms. The fraction of sp³-hybridized carbons (Fsp3) is 0.704. The second kappa shape index (κ2) is 11.5. The number of aryl methyl sites for hydroxylation is 1. The Morgan fingerprint density at radius 3 is 2.79 bits per heavy atom. The van der Waals surface area contributed by atoms with Gasteiger partial charge in [-0.2, -0.15) is 13.2 Å². The van der Waals surface area contributed by atoms with Gasteiger partial charge in [0.25, 0.3) is 5.19 Å². The number of carbonyl (C=O) groups is 1. The molecule has 2 saturated carbocycles. The first-order chi connectivity index (χ1) is 18.2. The molecular formula is C27H36F3N5O2S. The maximum atomic E-state index is 12.7. The van der Waals surface area contributed by atoms with Gasteiger partial charge >= 0.3 is 6.18 Å². The lowest BCUT2D eigenvalue weighted by atomic mass is 9.59. The minimum absolute atomic E-state index is 0.0538. The van der Waals surface area contributed by atoms with Crippen LogP contribution >= 0.6 is 11.3 Å². The van der Waals surface area contributed by atoms with E-state index in [-0.39, 0.29) is 17.1 Å². The third kappa shape index (κ3) is 7.02. The fourth-order valence-electron chi connectivity index (χ4n) is 6.47. The smallest absolute Gasteiger partial charge is 0.422 e. The van der Waals surface area contributed by atoms with Crippen molar-refractivity contribution in [1.82, 2.24) is 25.2 Å².